The van der Waals surface area contributed by atoms with Gasteiger partial charge < -0.3 is 24.3 Å². The summed E-state index contributed by atoms with van der Waals surface area (Å²) in [6.45, 7) is 13.0. The van der Waals surface area contributed by atoms with Crippen LogP contribution in [-0.2, 0) is 6.42 Å². The van der Waals surface area contributed by atoms with Gasteiger partial charge >= 0.3 is 0 Å². The summed E-state index contributed by atoms with van der Waals surface area (Å²) in [5.74, 6) is 1.07. The number of hydrogen-bond donors (Lipinski definition) is 1. The number of nitrogens with zero attached hydrogens (tertiary/aromatic N) is 2. The van der Waals surface area contributed by atoms with Gasteiger partial charge in [-0.2, -0.15) is 0 Å². The van der Waals surface area contributed by atoms with Crippen molar-refractivity contribution in [2.24, 2.45) is 5.41 Å². The smallest absolute Gasteiger partial charge is 0.256 e. The number of fused-ring (bicyclic) bond motifs is 3. The number of aromatic nitrogens is 1. The van der Waals surface area contributed by atoms with Crippen molar-refractivity contribution in [3.8, 4) is 22.8 Å². The first-order valence-electron chi connectivity index (χ1n) is 12.8. The molecular weight excluding hydrogens is 442 g/mol. The fourth-order valence-corrected chi connectivity index (χ4v) is 5.24. The van der Waals surface area contributed by atoms with E-state index in [2.05, 4.69) is 41.6 Å². The number of ether oxygens (including phenoxy) is 2. The largest absolute Gasteiger partial charge is 0.493 e. The summed E-state index contributed by atoms with van der Waals surface area (Å²) < 4.78 is 14.0. The number of nitrogens with one attached hydrogen (secondary N) is 1. The second-order valence-corrected chi connectivity index (χ2v) is 10.7. The number of hydrogen-bond acceptors (Lipinski definition) is 5. The Balaban J connectivity index is 1.68. The van der Waals surface area contributed by atoms with Crippen LogP contribution in [0.2, 0.25) is 0 Å². The Morgan fingerprint density at radius 2 is 1.89 bits per heavy atom. The van der Waals surface area contributed by atoms with Crippen LogP contribution in [0.1, 0.15) is 68.9 Å². The highest BCUT2D eigenvalue weighted by Crippen LogP contribution is 2.45. The van der Waals surface area contributed by atoms with Gasteiger partial charge in [0.25, 0.3) is 5.91 Å². The van der Waals surface area contributed by atoms with Crippen LogP contribution in [0.25, 0.3) is 11.3 Å². The lowest BCUT2D eigenvalue weighted by atomic mass is 9.78. The fourth-order valence-electron chi connectivity index (χ4n) is 5.24. The third-order valence-corrected chi connectivity index (χ3v) is 7.15. The van der Waals surface area contributed by atoms with E-state index in [9.17, 15) is 9.59 Å². The van der Waals surface area contributed by atoms with Gasteiger partial charge in [-0.25, -0.2) is 0 Å². The number of carbonyl (C=O) groups excluding carboxylic acids is 1. The first-order valence-corrected chi connectivity index (χ1v) is 12.8. The number of carbonyl (C=O) groups is 1. The van der Waals surface area contributed by atoms with Crippen molar-refractivity contribution in [2.75, 3.05) is 39.9 Å². The number of pyridine rings is 1. The monoisotopic (exact) mass is 481 g/mol. The van der Waals surface area contributed by atoms with Gasteiger partial charge in [0, 0.05) is 37.0 Å². The molecule has 1 unspecified atom stereocenters. The average Bonchev–Trinajstić information content (AvgIpc) is 3.33. The molecule has 1 aromatic heterocycles. The Bertz CT molecular complexity index is 1130. The van der Waals surface area contributed by atoms with Crippen LogP contribution in [0, 0.1) is 5.41 Å². The summed E-state index contributed by atoms with van der Waals surface area (Å²) in [5.41, 5.74) is 2.71. The highest BCUT2D eigenvalue weighted by Gasteiger charge is 2.34. The second kappa shape index (κ2) is 10.4. The molecule has 1 fully saturated rings. The maximum Gasteiger partial charge on any atom is 0.256 e. The molecule has 1 N–H and O–H groups in total. The number of likely N-dealkylation sites (tertiary alicyclic amines) is 1. The molecule has 35 heavy (non-hydrogen) atoms. The highest BCUT2D eigenvalue weighted by molar-refractivity contribution is 5.94. The summed E-state index contributed by atoms with van der Waals surface area (Å²) >= 11 is 0. The lowest BCUT2D eigenvalue weighted by Gasteiger charge is -2.39. The normalized spacial score (nSPS) is 17.6. The summed E-state index contributed by atoms with van der Waals surface area (Å²) in [6.07, 6.45) is 6.08. The van der Waals surface area contributed by atoms with Gasteiger partial charge in [-0.15, -0.1) is 0 Å². The predicted octanol–water partition coefficient (Wildman–Crippen LogP) is 4.28. The molecule has 4 rings (SSSR count). The van der Waals surface area contributed by atoms with E-state index in [1.54, 1.807) is 19.4 Å². The number of benzene rings is 1. The van der Waals surface area contributed by atoms with Crippen molar-refractivity contribution < 1.29 is 14.3 Å². The topological polar surface area (TPSA) is 72.8 Å². The van der Waals surface area contributed by atoms with Crippen LogP contribution in [-0.4, -0.2) is 55.3 Å². The molecule has 7 heteroatoms. The molecule has 1 atom stereocenters. The van der Waals surface area contributed by atoms with Crippen molar-refractivity contribution in [3.63, 3.8) is 0 Å². The Kier molecular flexibility index (Phi) is 7.55. The average molecular weight is 482 g/mol. The van der Waals surface area contributed by atoms with E-state index < -0.39 is 0 Å². The van der Waals surface area contributed by atoms with Crippen LogP contribution >= 0.6 is 0 Å². The molecule has 0 bridgehead atoms. The number of rotatable bonds is 8. The minimum absolute atomic E-state index is 0.0789. The minimum Gasteiger partial charge on any atom is -0.493 e. The zero-order chi connectivity index (χ0) is 25.2. The molecule has 0 saturated carbocycles. The van der Waals surface area contributed by atoms with Gasteiger partial charge in [0.15, 0.2) is 16.9 Å². The van der Waals surface area contributed by atoms with Crippen molar-refractivity contribution >= 4 is 5.91 Å². The van der Waals surface area contributed by atoms with Crippen molar-refractivity contribution in [1.29, 1.82) is 0 Å². The minimum atomic E-state index is -0.332. The van der Waals surface area contributed by atoms with E-state index in [0.717, 1.165) is 42.0 Å². The Morgan fingerprint density at radius 1 is 1.14 bits per heavy atom. The Hall–Kier alpha value is -2.80. The summed E-state index contributed by atoms with van der Waals surface area (Å²) in [4.78, 5) is 28.0. The fraction of sp³-hybridized carbons (Fsp3) is 0.571. The van der Waals surface area contributed by atoms with E-state index >= 15 is 0 Å². The molecule has 190 valence electrons. The molecule has 1 saturated heterocycles. The lowest BCUT2D eigenvalue weighted by molar-refractivity contribution is 0.0953. The van der Waals surface area contributed by atoms with E-state index in [1.807, 2.05) is 13.0 Å². The van der Waals surface area contributed by atoms with Crippen LogP contribution in [0.15, 0.2) is 29.2 Å². The summed E-state index contributed by atoms with van der Waals surface area (Å²) in [6, 6.07) is 5.72. The molecule has 0 spiro atoms. The molecule has 2 aromatic rings. The van der Waals surface area contributed by atoms with Crippen LogP contribution in [0.3, 0.4) is 0 Å². The van der Waals surface area contributed by atoms with Crippen molar-refractivity contribution in [3.05, 3.63) is 45.7 Å². The SMILES string of the molecule is CCNC(=O)c1cn2c(cc1=O)-c1cc(OC)c(OCCCN3CCCC3)cc1CC2C(C)(C)C. The second-order valence-electron chi connectivity index (χ2n) is 10.7. The Morgan fingerprint density at radius 3 is 2.54 bits per heavy atom. The van der Waals surface area contributed by atoms with Crippen LogP contribution in [0.5, 0.6) is 11.5 Å². The first kappa shape index (κ1) is 25.3. The van der Waals surface area contributed by atoms with Crippen molar-refractivity contribution in [2.45, 2.75) is 59.4 Å². The van der Waals surface area contributed by atoms with E-state index in [0.29, 0.717) is 18.9 Å². The standard InChI is InChI=1S/C28H39N3O4/c1-6-29-27(33)21-18-31-22(17-23(21)32)20-16-24(34-5)25(14-19(20)15-26(31)28(2,3)4)35-13-9-12-30-10-7-8-11-30/h14,16-18,26H,6-13,15H2,1-5H3,(H,29,33). The zero-order valence-corrected chi connectivity index (χ0v) is 21.8. The maximum absolute atomic E-state index is 12.9. The molecule has 7 nitrogen and oxygen atoms in total. The van der Waals surface area contributed by atoms with E-state index in [4.69, 9.17) is 9.47 Å². The van der Waals surface area contributed by atoms with Crippen molar-refractivity contribution in [1.82, 2.24) is 14.8 Å². The molecule has 0 radical (unpaired) electrons. The molecule has 0 aliphatic carbocycles. The summed E-state index contributed by atoms with van der Waals surface area (Å²) in [5, 5.41) is 2.76. The molecule has 1 aromatic carbocycles. The first-order chi connectivity index (χ1) is 16.7. The van der Waals surface area contributed by atoms with Gasteiger partial charge in [-0.3, -0.25) is 9.59 Å². The highest BCUT2D eigenvalue weighted by atomic mass is 16.5. The summed E-state index contributed by atoms with van der Waals surface area (Å²) in [7, 11) is 1.64. The third kappa shape index (κ3) is 5.40. The van der Waals surface area contributed by atoms with Crippen LogP contribution in [0.4, 0.5) is 0 Å². The quantitative estimate of drug-likeness (QED) is 0.570. The third-order valence-electron chi connectivity index (χ3n) is 7.15. The molecule has 1 amide bonds. The zero-order valence-electron chi connectivity index (χ0n) is 21.8. The molecular formula is C28H39N3O4. The number of methoxy groups -OCH3 is 1. The van der Waals surface area contributed by atoms with Gasteiger partial charge in [0.05, 0.1) is 19.4 Å². The molecule has 2 aliphatic rings. The van der Waals surface area contributed by atoms with Gasteiger partial charge in [-0.05, 0) is 68.8 Å². The van der Waals surface area contributed by atoms with Gasteiger partial charge in [0.2, 0.25) is 0 Å². The maximum atomic E-state index is 12.9. The van der Waals surface area contributed by atoms with E-state index in [1.165, 1.54) is 25.9 Å². The Labute approximate surface area is 208 Å². The molecule has 3 heterocycles. The van der Waals surface area contributed by atoms with E-state index in [-0.39, 0.29) is 28.4 Å². The molecule has 2 aliphatic heterocycles. The number of amides is 1. The lowest BCUT2D eigenvalue weighted by Crippen LogP contribution is -2.35. The van der Waals surface area contributed by atoms with Gasteiger partial charge in [0.1, 0.15) is 5.56 Å². The van der Waals surface area contributed by atoms with Gasteiger partial charge in [-0.1, -0.05) is 20.8 Å². The van der Waals surface area contributed by atoms with Crippen LogP contribution < -0.4 is 20.2 Å². The predicted molar refractivity (Wildman–Crippen MR) is 139 cm³/mol.